The van der Waals surface area contributed by atoms with Crippen molar-refractivity contribution in [1.82, 2.24) is 19.1 Å². The van der Waals surface area contributed by atoms with E-state index in [-0.39, 0.29) is 33.7 Å². The summed E-state index contributed by atoms with van der Waals surface area (Å²) < 4.78 is 19.0. The van der Waals surface area contributed by atoms with Crippen LogP contribution in [0.15, 0.2) is 96.4 Å². The van der Waals surface area contributed by atoms with Crippen LogP contribution in [0.5, 0.6) is 0 Å². The molecule has 0 saturated carbocycles. The first-order valence-corrected chi connectivity index (χ1v) is 13.1. The molecule has 5 rings (SSSR count). The Morgan fingerprint density at radius 2 is 1.71 bits per heavy atom. The van der Waals surface area contributed by atoms with E-state index >= 15 is 4.39 Å². The number of hydrogen-bond donors (Lipinski definition) is 1. The number of aromatic nitrogens is 4. The van der Waals surface area contributed by atoms with E-state index < -0.39 is 11.7 Å². The highest BCUT2D eigenvalue weighted by Crippen LogP contribution is 2.29. The van der Waals surface area contributed by atoms with Crippen LogP contribution >= 0.6 is 0 Å². The molecule has 0 fully saturated rings. The topological polar surface area (TPSA) is 85.1 Å². The van der Waals surface area contributed by atoms with Crippen molar-refractivity contribution in [2.24, 2.45) is 7.05 Å². The summed E-state index contributed by atoms with van der Waals surface area (Å²) in [6.07, 6.45) is 6.72. The van der Waals surface area contributed by atoms with Crippen LogP contribution in [0.3, 0.4) is 0 Å². The minimum Gasteiger partial charge on any atom is -0.325 e. The number of nitrogens with zero attached hydrogens (tertiary/aromatic N) is 5. The summed E-state index contributed by atoms with van der Waals surface area (Å²) in [5.41, 5.74) is 3.22. The third-order valence-corrected chi connectivity index (χ3v) is 6.95. The molecule has 9 heteroatoms. The number of halogens is 1. The highest BCUT2D eigenvalue weighted by atomic mass is 19.1. The number of nitrogens with one attached hydrogen (secondary N) is 1. The van der Waals surface area contributed by atoms with Crippen molar-refractivity contribution in [2.45, 2.75) is 26.2 Å². The maximum Gasteiger partial charge on any atom is 0.293 e. The molecule has 2 aromatic heterocycles. The number of hydrogen-bond acceptors (Lipinski definition) is 5. The SMILES string of the molecule is CN(c1ccc(-n2ccnc2)cc1)c1nc(-c2cccc(NC(=O)c3ccc(C(C)(C)C)cc3)c2F)cn(C)c1=O. The predicted molar refractivity (Wildman–Crippen MR) is 160 cm³/mol. The summed E-state index contributed by atoms with van der Waals surface area (Å²) in [7, 11) is 3.33. The predicted octanol–water partition coefficient (Wildman–Crippen LogP) is 6.09. The summed E-state index contributed by atoms with van der Waals surface area (Å²) in [4.78, 5) is 36.3. The first-order chi connectivity index (χ1) is 19.5. The van der Waals surface area contributed by atoms with Crippen LogP contribution < -0.4 is 15.8 Å². The number of benzene rings is 3. The highest BCUT2D eigenvalue weighted by molar-refractivity contribution is 6.04. The van der Waals surface area contributed by atoms with E-state index in [1.807, 2.05) is 47.2 Å². The lowest BCUT2D eigenvalue weighted by Gasteiger charge is -2.20. The molecule has 0 aliphatic carbocycles. The van der Waals surface area contributed by atoms with Crippen molar-refractivity contribution in [3.63, 3.8) is 0 Å². The maximum absolute atomic E-state index is 15.8. The molecule has 3 aromatic carbocycles. The van der Waals surface area contributed by atoms with E-state index in [1.54, 1.807) is 55.8 Å². The fourth-order valence-corrected chi connectivity index (χ4v) is 4.46. The molecule has 0 saturated heterocycles. The van der Waals surface area contributed by atoms with Crippen LogP contribution in [0.4, 0.5) is 21.6 Å². The number of imidazole rings is 1. The van der Waals surface area contributed by atoms with E-state index in [4.69, 9.17) is 0 Å². The number of amides is 1. The molecule has 8 nitrogen and oxygen atoms in total. The average molecular weight is 551 g/mol. The van der Waals surface area contributed by atoms with Crippen molar-refractivity contribution < 1.29 is 9.18 Å². The van der Waals surface area contributed by atoms with Crippen molar-refractivity contribution in [3.05, 3.63) is 119 Å². The average Bonchev–Trinajstić information content (AvgIpc) is 3.50. The van der Waals surface area contributed by atoms with E-state index in [1.165, 1.54) is 16.8 Å². The lowest BCUT2D eigenvalue weighted by Crippen LogP contribution is -2.27. The Kier molecular flexibility index (Phi) is 7.28. The number of carbonyl (C=O) groups excluding carboxylic acids is 1. The van der Waals surface area contributed by atoms with Crippen molar-refractivity contribution in [3.8, 4) is 16.9 Å². The first kappa shape index (κ1) is 27.5. The molecule has 5 aromatic rings. The zero-order valence-corrected chi connectivity index (χ0v) is 23.6. The number of aryl methyl sites for hydroxylation is 1. The lowest BCUT2D eigenvalue weighted by atomic mass is 9.87. The zero-order valence-electron chi connectivity index (χ0n) is 23.6. The minimum absolute atomic E-state index is 0.0213. The molecule has 0 bridgehead atoms. The molecule has 1 N–H and O–H groups in total. The Balaban J connectivity index is 1.43. The van der Waals surface area contributed by atoms with Crippen LogP contribution in [0, 0.1) is 5.82 Å². The fraction of sp³-hybridized carbons (Fsp3) is 0.188. The van der Waals surface area contributed by atoms with Crippen LogP contribution in [0.2, 0.25) is 0 Å². The van der Waals surface area contributed by atoms with Crippen molar-refractivity contribution >= 4 is 23.1 Å². The van der Waals surface area contributed by atoms with Gasteiger partial charge in [-0.2, -0.15) is 0 Å². The number of rotatable bonds is 6. The third-order valence-electron chi connectivity index (χ3n) is 6.95. The second-order valence-corrected chi connectivity index (χ2v) is 10.9. The van der Waals surface area contributed by atoms with Gasteiger partial charge in [0.05, 0.1) is 17.7 Å². The number of carbonyl (C=O) groups is 1. The van der Waals surface area contributed by atoms with E-state index in [0.717, 1.165) is 16.9 Å². The second-order valence-electron chi connectivity index (χ2n) is 10.9. The van der Waals surface area contributed by atoms with Crippen LogP contribution in [-0.2, 0) is 12.5 Å². The zero-order chi connectivity index (χ0) is 29.3. The first-order valence-electron chi connectivity index (χ1n) is 13.1. The molecule has 2 heterocycles. The van der Waals surface area contributed by atoms with E-state index in [2.05, 4.69) is 36.1 Å². The molecule has 0 aliphatic heterocycles. The summed E-state index contributed by atoms with van der Waals surface area (Å²) in [5.74, 6) is -0.931. The highest BCUT2D eigenvalue weighted by Gasteiger charge is 2.19. The minimum atomic E-state index is -0.642. The summed E-state index contributed by atoms with van der Waals surface area (Å²) in [5, 5.41) is 2.67. The summed E-state index contributed by atoms with van der Waals surface area (Å²) in [6, 6.07) is 19.5. The van der Waals surface area contributed by atoms with Gasteiger partial charge in [-0.3, -0.25) is 9.59 Å². The molecule has 0 aliphatic rings. The Labute approximate surface area is 237 Å². The maximum atomic E-state index is 15.8. The Bertz CT molecular complexity index is 1750. The molecule has 0 unspecified atom stereocenters. The van der Waals surface area contributed by atoms with Crippen LogP contribution in [0.1, 0.15) is 36.7 Å². The Morgan fingerprint density at radius 1 is 1.00 bits per heavy atom. The normalized spacial score (nSPS) is 11.4. The molecule has 1 amide bonds. The van der Waals surface area contributed by atoms with Crippen LogP contribution in [-0.4, -0.2) is 32.1 Å². The molecular formula is C32H31FN6O2. The largest absolute Gasteiger partial charge is 0.325 e. The molecule has 41 heavy (non-hydrogen) atoms. The second kappa shape index (κ2) is 10.8. The van der Waals surface area contributed by atoms with Gasteiger partial charge in [0.15, 0.2) is 11.6 Å². The van der Waals surface area contributed by atoms with Gasteiger partial charge in [-0.25, -0.2) is 14.4 Å². The van der Waals surface area contributed by atoms with Crippen LogP contribution in [0.25, 0.3) is 16.9 Å². The van der Waals surface area contributed by atoms with Gasteiger partial charge >= 0.3 is 0 Å². The Hall–Kier alpha value is -5.05. The van der Waals surface area contributed by atoms with E-state index in [0.29, 0.717) is 5.56 Å². The summed E-state index contributed by atoms with van der Waals surface area (Å²) >= 11 is 0. The van der Waals surface area contributed by atoms with Gasteiger partial charge in [0, 0.05) is 55.2 Å². The van der Waals surface area contributed by atoms with Gasteiger partial charge in [0.25, 0.3) is 11.5 Å². The molecular weight excluding hydrogens is 519 g/mol. The molecule has 208 valence electrons. The van der Waals surface area contributed by atoms with Gasteiger partial charge in [0.2, 0.25) is 0 Å². The monoisotopic (exact) mass is 550 g/mol. The third kappa shape index (κ3) is 5.65. The smallest absolute Gasteiger partial charge is 0.293 e. The van der Waals surface area contributed by atoms with E-state index in [9.17, 15) is 9.59 Å². The van der Waals surface area contributed by atoms with Crippen molar-refractivity contribution in [1.29, 1.82) is 0 Å². The lowest BCUT2D eigenvalue weighted by molar-refractivity contribution is 0.102. The van der Waals surface area contributed by atoms with Gasteiger partial charge in [-0.15, -0.1) is 0 Å². The molecule has 0 spiro atoms. The quantitative estimate of drug-likeness (QED) is 0.277. The molecule has 0 atom stereocenters. The number of anilines is 3. The fourth-order valence-electron chi connectivity index (χ4n) is 4.46. The Morgan fingerprint density at radius 3 is 2.34 bits per heavy atom. The van der Waals surface area contributed by atoms with Gasteiger partial charge < -0.3 is 19.4 Å². The summed E-state index contributed by atoms with van der Waals surface area (Å²) in [6.45, 7) is 6.29. The van der Waals surface area contributed by atoms with Gasteiger partial charge in [0.1, 0.15) is 0 Å². The standard InChI is InChI=1S/C32H31FN6O2/c1-32(2,3)22-11-9-21(10-12-22)30(40)36-26-8-6-7-25(28(26)33)27-19-37(4)31(41)29(35-27)38(5)23-13-15-24(16-14-23)39-18-17-34-20-39/h6-20H,1-5H3,(H,36,40). The van der Waals surface area contributed by atoms with Gasteiger partial charge in [-0.1, -0.05) is 39.0 Å². The van der Waals surface area contributed by atoms with Gasteiger partial charge in [-0.05, 0) is 59.5 Å². The molecule has 0 radical (unpaired) electrons. The van der Waals surface area contributed by atoms with Crippen molar-refractivity contribution in [2.75, 3.05) is 17.3 Å².